The normalized spacial score (nSPS) is 18.0. The summed E-state index contributed by atoms with van der Waals surface area (Å²) in [5.74, 6) is 0.601. The Labute approximate surface area is 190 Å². The summed E-state index contributed by atoms with van der Waals surface area (Å²) in [6.07, 6.45) is 5.50. The lowest BCUT2D eigenvalue weighted by atomic mass is 10.0. The van der Waals surface area contributed by atoms with Gasteiger partial charge in [0.25, 0.3) is 5.91 Å². The van der Waals surface area contributed by atoms with E-state index in [0.717, 1.165) is 63.1 Å². The van der Waals surface area contributed by atoms with Crippen LogP contribution in [0.1, 0.15) is 48.9 Å². The van der Waals surface area contributed by atoms with Crippen LogP contribution >= 0.6 is 0 Å². The van der Waals surface area contributed by atoms with E-state index < -0.39 is 10.0 Å². The predicted molar refractivity (Wildman–Crippen MR) is 125 cm³/mol. The summed E-state index contributed by atoms with van der Waals surface area (Å²) in [7, 11) is -1.97. The van der Waals surface area contributed by atoms with Gasteiger partial charge in [-0.1, -0.05) is 18.9 Å². The van der Waals surface area contributed by atoms with Crippen molar-refractivity contribution in [3.05, 3.63) is 54.1 Å². The van der Waals surface area contributed by atoms with E-state index in [-0.39, 0.29) is 22.9 Å². The number of ether oxygens (including phenoxy) is 1. The molecule has 1 saturated carbocycles. The monoisotopic (exact) mass is 457 g/mol. The molecule has 172 valence electrons. The maximum Gasteiger partial charge on any atom is 0.251 e. The highest BCUT2D eigenvalue weighted by Crippen LogP contribution is 2.24. The van der Waals surface area contributed by atoms with Crippen LogP contribution in [0, 0.1) is 0 Å². The fraction of sp³-hybridized carbons (Fsp3) is 0.458. The smallest absolute Gasteiger partial charge is 0.251 e. The van der Waals surface area contributed by atoms with E-state index in [0.29, 0.717) is 5.56 Å². The van der Waals surface area contributed by atoms with E-state index in [4.69, 9.17) is 4.74 Å². The average Bonchev–Trinajstić information content (AvgIpc) is 3.32. The Morgan fingerprint density at radius 3 is 2.31 bits per heavy atom. The molecule has 0 unspecified atom stereocenters. The van der Waals surface area contributed by atoms with Gasteiger partial charge in [0.1, 0.15) is 5.75 Å². The van der Waals surface area contributed by atoms with Crippen LogP contribution in [0.15, 0.2) is 53.4 Å². The topological polar surface area (TPSA) is 87.7 Å². The molecule has 1 aliphatic carbocycles. The molecule has 2 fully saturated rings. The molecule has 2 aromatic rings. The molecule has 1 aliphatic heterocycles. The van der Waals surface area contributed by atoms with Gasteiger partial charge in [0.15, 0.2) is 0 Å². The molecule has 0 bridgehead atoms. The van der Waals surface area contributed by atoms with Gasteiger partial charge in [-0.15, -0.1) is 0 Å². The number of methoxy groups -OCH3 is 1. The molecule has 2 N–H and O–H groups in total. The third kappa shape index (κ3) is 5.42. The Kier molecular flexibility index (Phi) is 7.01. The second kappa shape index (κ2) is 9.92. The number of benzene rings is 2. The molecule has 0 atom stereocenters. The van der Waals surface area contributed by atoms with Crippen LogP contribution < -0.4 is 19.7 Å². The molecule has 2 aliphatic rings. The summed E-state index contributed by atoms with van der Waals surface area (Å²) in [6.45, 7) is 1.69. The van der Waals surface area contributed by atoms with Crippen LogP contribution in [0.25, 0.3) is 0 Å². The van der Waals surface area contributed by atoms with E-state index in [1.54, 1.807) is 25.3 Å². The van der Waals surface area contributed by atoms with E-state index in [1.165, 1.54) is 6.07 Å². The summed E-state index contributed by atoms with van der Waals surface area (Å²) in [5, 5.41) is 3.08. The molecule has 1 heterocycles. The van der Waals surface area contributed by atoms with E-state index in [2.05, 4.69) is 14.9 Å². The molecule has 7 nitrogen and oxygen atoms in total. The summed E-state index contributed by atoms with van der Waals surface area (Å²) >= 11 is 0. The number of sulfonamides is 1. The number of nitrogens with one attached hydrogen (secondary N) is 2. The fourth-order valence-corrected chi connectivity index (χ4v) is 5.83. The van der Waals surface area contributed by atoms with Gasteiger partial charge in [-0.3, -0.25) is 4.79 Å². The molecule has 32 heavy (non-hydrogen) atoms. The van der Waals surface area contributed by atoms with E-state index in [9.17, 15) is 13.2 Å². The Hall–Kier alpha value is -2.58. The molecule has 4 rings (SSSR count). The molecule has 0 spiro atoms. The third-order valence-corrected chi connectivity index (χ3v) is 7.87. The molecule has 2 aromatic carbocycles. The summed E-state index contributed by atoms with van der Waals surface area (Å²) in [5.41, 5.74) is 1.51. The van der Waals surface area contributed by atoms with Gasteiger partial charge >= 0.3 is 0 Å². The minimum atomic E-state index is -3.62. The molecule has 1 saturated heterocycles. The zero-order chi connectivity index (χ0) is 22.6. The van der Waals surface area contributed by atoms with Crippen LogP contribution in [0.3, 0.4) is 0 Å². The fourth-order valence-electron chi connectivity index (χ4n) is 4.48. The average molecular weight is 458 g/mol. The van der Waals surface area contributed by atoms with Crippen LogP contribution in [0.5, 0.6) is 5.75 Å². The molecular formula is C24H31N3O4S. The van der Waals surface area contributed by atoms with E-state index in [1.807, 2.05) is 24.3 Å². The van der Waals surface area contributed by atoms with Crippen molar-refractivity contribution < 1.29 is 17.9 Å². The van der Waals surface area contributed by atoms with Crippen molar-refractivity contribution in [3.63, 3.8) is 0 Å². The van der Waals surface area contributed by atoms with Crippen molar-refractivity contribution in [2.24, 2.45) is 0 Å². The number of hydrogen-bond donors (Lipinski definition) is 2. The van der Waals surface area contributed by atoms with Crippen LogP contribution in [-0.4, -0.2) is 46.6 Å². The van der Waals surface area contributed by atoms with Crippen molar-refractivity contribution in [2.75, 3.05) is 25.1 Å². The first-order valence-electron chi connectivity index (χ1n) is 11.3. The zero-order valence-electron chi connectivity index (χ0n) is 18.4. The maximum atomic E-state index is 12.8. The lowest BCUT2D eigenvalue weighted by Gasteiger charge is -2.34. The molecule has 1 amide bonds. The van der Waals surface area contributed by atoms with Crippen LogP contribution in [0.4, 0.5) is 5.69 Å². The number of anilines is 1. The highest BCUT2D eigenvalue weighted by atomic mass is 32.2. The molecule has 8 heteroatoms. The highest BCUT2D eigenvalue weighted by molar-refractivity contribution is 7.89. The predicted octanol–water partition coefficient (Wildman–Crippen LogP) is 3.31. The first kappa shape index (κ1) is 22.6. The van der Waals surface area contributed by atoms with Crippen LogP contribution in [-0.2, 0) is 10.0 Å². The lowest BCUT2D eigenvalue weighted by Crippen LogP contribution is -2.44. The molecule has 0 radical (unpaired) electrons. The van der Waals surface area contributed by atoms with Crippen molar-refractivity contribution in [1.82, 2.24) is 10.0 Å². The molecular weight excluding hydrogens is 426 g/mol. The number of rotatable bonds is 7. The Morgan fingerprint density at radius 2 is 1.66 bits per heavy atom. The maximum absolute atomic E-state index is 12.8. The van der Waals surface area contributed by atoms with Gasteiger partial charge in [-0.05, 0) is 68.1 Å². The standard InChI is InChI=1S/C24H31N3O4S/c1-31-22-11-9-21(10-12-22)27-15-13-19(14-16-27)25-24(28)18-5-4-8-23(17-18)32(29,30)26-20-6-2-3-7-20/h4-5,8-12,17,19-20,26H,2-3,6-7,13-16H2,1H3,(H,25,28). The Balaban J connectivity index is 1.33. The minimum Gasteiger partial charge on any atom is -0.497 e. The van der Waals surface area contributed by atoms with Gasteiger partial charge in [-0.2, -0.15) is 0 Å². The zero-order valence-corrected chi connectivity index (χ0v) is 19.2. The number of piperidine rings is 1. The van der Waals surface area contributed by atoms with Gasteiger partial charge < -0.3 is 15.0 Å². The largest absolute Gasteiger partial charge is 0.497 e. The minimum absolute atomic E-state index is 0.00614. The van der Waals surface area contributed by atoms with Crippen molar-refractivity contribution in [1.29, 1.82) is 0 Å². The van der Waals surface area contributed by atoms with Gasteiger partial charge in [0.2, 0.25) is 10.0 Å². The van der Waals surface area contributed by atoms with Crippen molar-refractivity contribution >= 4 is 21.6 Å². The summed E-state index contributed by atoms with van der Waals surface area (Å²) < 4.78 is 33.4. The van der Waals surface area contributed by atoms with Gasteiger partial charge in [0.05, 0.1) is 12.0 Å². The SMILES string of the molecule is COc1ccc(N2CCC(NC(=O)c3cccc(S(=O)(=O)NC4CCCC4)c3)CC2)cc1. The number of carbonyl (C=O) groups is 1. The first-order valence-corrected chi connectivity index (χ1v) is 12.8. The second-order valence-electron chi connectivity index (χ2n) is 8.56. The van der Waals surface area contributed by atoms with Crippen molar-refractivity contribution in [2.45, 2.75) is 55.5 Å². The molecule has 0 aromatic heterocycles. The number of amides is 1. The second-order valence-corrected chi connectivity index (χ2v) is 10.3. The summed E-state index contributed by atoms with van der Waals surface area (Å²) in [4.78, 5) is 15.2. The highest BCUT2D eigenvalue weighted by Gasteiger charge is 2.25. The van der Waals surface area contributed by atoms with Crippen LogP contribution in [0.2, 0.25) is 0 Å². The third-order valence-electron chi connectivity index (χ3n) is 6.35. The quantitative estimate of drug-likeness (QED) is 0.666. The number of carbonyl (C=O) groups excluding carboxylic acids is 1. The van der Waals surface area contributed by atoms with E-state index >= 15 is 0 Å². The summed E-state index contributed by atoms with van der Waals surface area (Å²) in [6, 6.07) is 14.4. The lowest BCUT2D eigenvalue weighted by molar-refractivity contribution is 0.0931. The first-order chi connectivity index (χ1) is 15.4. The Morgan fingerprint density at radius 1 is 0.969 bits per heavy atom. The van der Waals surface area contributed by atoms with Crippen molar-refractivity contribution in [3.8, 4) is 5.75 Å². The number of nitrogens with zero attached hydrogens (tertiary/aromatic N) is 1. The Bertz CT molecular complexity index is 1030. The number of hydrogen-bond acceptors (Lipinski definition) is 5. The van der Waals surface area contributed by atoms with Gasteiger partial charge in [0, 0.05) is 36.4 Å². The van der Waals surface area contributed by atoms with Gasteiger partial charge in [-0.25, -0.2) is 13.1 Å².